The lowest BCUT2D eigenvalue weighted by Gasteiger charge is -2.17. The van der Waals surface area contributed by atoms with Crippen molar-refractivity contribution < 1.29 is 28.7 Å². The monoisotopic (exact) mass is 413 g/mol. The Balaban J connectivity index is 1.87. The molecule has 0 aliphatic carbocycles. The van der Waals surface area contributed by atoms with Crippen LogP contribution in [0.25, 0.3) is 0 Å². The third kappa shape index (κ3) is 7.63. The van der Waals surface area contributed by atoms with Gasteiger partial charge >= 0.3 is 12.1 Å². The molecule has 158 valence electrons. The van der Waals surface area contributed by atoms with Crippen molar-refractivity contribution in [3.05, 3.63) is 71.8 Å². The number of nitrogens with one attached hydrogen (secondary N) is 3. The normalized spacial score (nSPS) is 11.0. The summed E-state index contributed by atoms with van der Waals surface area (Å²) >= 11 is 0. The molecule has 0 unspecified atom stereocenters. The van der Waals surface area contributed by atoms with E-state index in [4.69, 9.17) is 9.47 Å². The fourth-order valence-electron chi connectivity index (χ4n) is 2.37. The van der Waals surface area contributed by atoms with Gasteiger partial charge in [-0.25, -0.2) is 9.59 Å². The van der Waals surface area contributed by atoms with E-state index < -0.39 is 36.3 Å². The molecule has 1 atom stereocenters. The molecule has 9 nitrogen and oxygen atoms in total. The van der Waals surface area contributed by atoms with Crippen LogP contribution < -0.4 is 16.2 Å². The Bertz CT molecular complexity index is 858. The Labute approximate surface area is 173 Å². The molecular formula is C21H23N3O6. The highest BCUT2D eigenvalue weighted by atomic mass is 16.6. The number of carbonyl (C=O) groups excluding carboxylic acids is 4. The lowest BCUT2D eigenvalue weighted by atomic mass is 10.2. The van der Waals surface area contributed by atoms with Crippen molar-refractivity contribution in [2.45, 2.75) is 26.0 Å². The zero-order valence-corrected chi connectivity index (χ0v) is 16.4. The molecule has 0 saturated carbocycles. The molecule has 2 aromatic carbocycles. The van der Waals surface area contributed by atoms with Crippen LogP contribution in [0.3, 0.4) is 0 Å². The maximum Gasteiger partial charge on any atom is 0.408 e. The quantitative estimate of drug-likeness (QED) is 0.447. The first-order chi connectivity index (χ1) is 14.5. The molecule has 30 heavy (non-hydrogen) atoms. The average Bonchev–Trinajstić information content (AvgIpc) is 2.77. The predicted octanol–water partition coefficient (Wildman–Crippen LogP) is 1.70. The Kier molecular flexibility index (Phi) is 8.85. The number of rotatable bonds is 8. The van der Waals surface area contributed by atoms with Crippen LogP contribution in [0.1, 0.15) is 29.3 Å². The molecule has 0 spiro atoms. The number of benzene rings is 2. The van der Waals surface area contributed by atoms with Crippen LogP contribution in [0.2, 0.25) is 0 Å². The van der Waals surface area contributed by atoms with Crippen molar-refractivity contribution in [1.29, 1.82) is 0 Å². The van der Waals surface area contributed by atoms with Crippen molar-refractivity contribution in [3.8, 4) is 0 Å². The van der Waals surface area contributed by atoms with Crippen LogP contribution in [0.5, 0.6) is 0 Å². The summed E-state index contributed by atoms with van der Waals surface area (Å²) in [5.74, 6) is -2.01. The molecule has 0 aromatic heterocycles. The average molecular weight is 413 g/mol. The molecule has 2 aromatic rings. The van der Waals surface area contributed by atoms with Gasteiger partial charge in [0.25, 0.3) is 5.91 Å². The van der Waals surface area contributed by atoms with E-state index >= 15 is 0 Å². The standard InChI is InChI=1S/C21H23N3O6/c1-2-29-20(27)17(22-21(28)30-14-15-9-5-3-6-10-15)13-18(25)23-24-19(26)16-11-7-4-8-12-16/h3-12,17H,2,13-14H2,1H3,(H,22,28)(H,23,25)(H,24,26)/t17-/m0/s1. The molecule has 2 rings (SSSR count). The fraction of sp³-hybridized carbons (Fsp3) is 0.238. The summed E-state index contributed by atoms with van der Waals surface area (Å²) in [5, 5.41) is 2.31. The van der Waals surface area contributed by atoms with Crippen molar-refractivity contribution in [2.75, 3.05) is 6.61 Å². The van der Waals surface area contributed by atoms with Crippen LogP contribution in [-0.2, 0) is 25.7 Å². The summed E-state index contributed by atoms with van der Waals surface area (Å²) in [6, 6.07) is 16.0. The van der Waals surface area contributed by atoms with Crippen LogP contribution >= 0.6 is 0 Å². The lowest BCUT2D eigenvalue weighted by Crippen LogP contribution is -2.48. The molecule has 0 bridgehead atoms. The zero-order chi connectivity index (χ0) is 21.8. The third-order valence-corrected chi connectivity index (χ3v) is 3.82. The SMILES string of the molecule is CCOC(=O)[C@H](CC(=O)NNC(=O)c1ccccc1)NC(=O)OCc1ccccc1. The minimum absolute atomic E-state index is 0.00154. The van der Waals surface area contributed by atoms with E-state index in [1.807, 2.05) is 6.07 Å². The van der Waals surface area contributed by atoms with Gasteiger partial charge in [0.05, 0.1) is 13.0 Å². The Morgan fingerprint density at radius 1 is 0.867 bits per heavy atom. The lowest BCUT2D eigenvalue weighted by molar-refractivity contribution is -0.147. The number of hydrogen-bond acceptors (Lipinski definition) is 6. The number of amides is 3. The maximum absolute atomic E-state index is 12.1. The molecule has 0 radical (unpaired) electrons. The van der Waals surface area contributed by atoms with Gasteiger partial charge in [0, 0.05) is 5.56 Å². The van der Waals surface area contributed by atoms with Crippen molar-refractivity contribution in [1.82, 2.24) is 16.2 Å². The molecule has 0 fully saturated rings. The van der Waals surface area contributed by atoms with E-state index in [0.717, 1.165) is 5.56 Å². The first-order valence-corrected chi connectivity index (χ1v) is 9.27. The van der Waals surface area contributed by atoms with Gasteiger partial charge in [0.15, 0.2) is 0 Å². The van der Waals surface area contributed by atoms with Gasteiger partial charge in [-0.2, -0.15) is 0 Å². The first kappa shape index (κ1) is 22.4. The molecule has 9 heteroatoms. The maximum atomic E-state index is 12.1. The molecular weight excluding hydrogens is 390 g/mol. The molecule has 0 aliphatic heterocycles. The number of hydrogen-bond donors (Lipinski definition) is 3. The highest BCUT2D eigenvalue weighted by Gasteiger charge is 2.26. The largest absolute Gasteiger partial charge is 0.464 e. The van der Waals surface area contributed by atoms with E-state index in [1.165, 1.54) is 0 Å². The van der Waals surface area contributed by atoms with E-state index in [-0.39, 0.29) is 13.2 Å². The molecule has 3 N–H and O–H groups in total. The fourth-order valence-corrected chi connectivity index (χ4v) is 2.37. The van der Waals surface area contributed by atoms with Gasteiger partial charge in [-0.05, 0) is 24.6 Å². The number of ether oxygens (including phenoxy) is 2. The van der Waals surface area contributed by atoms with E-state index in [2.05, 4.69) is 16.2 Å². The van der Waals surface area contributed by atoms with Crippen LogP contribution in [0.15, 0.2) is 60.7 Å². The number of esters is 1. The molecule has 0 saturated heterocycles. The van der Waals surface area contributed by atoms with Gasteiger partial charge < -0.3 is 14.8 Å². The number of alkyl carbamates (subject to hydrolysis) is 1. The Hall–Kier alpha value is -3.88. The van der Waals surface area contributed by atoms with Crippen molar-refractivity contribution in [2.24, 2.45) is 0 Å². The zero-order valence-electron chi connectivity index (χ0n) is 16.4. The van der Waals surface area contributed by atoms with Gasteiger partial charge in [0.1, 0.15) is 12.6 Å². The Morgan fingerprint density at radius 2 is 1.50 bits per heavy atom. The summed E-state index contributed by atoms with van der Waals surface area (Å²) in [6.07, 6.45) is -1.33. The van der Waals surface area contributed by atoms with Crippen LogP contribution in [0.4, 0.5) is 4.79 Å². The van der Waals surface area contributed by atoms with Gasteiger partial charge in [0.2, 0.25) is 5.91 Å². The highest BCUT2D eigenvalue weighted by molar-refractivity contribution is 5.96. The minimum Gasteiger partial charge on any atom is -0.464 e. The molecule has 3 amide bonds. The second-order valence-electron chi connectivity index (χ2n) is 6.08. The van der Waals surface area contributed by atoms with Crippen LogP contribution in [0, 0.1) is 0 Å². The topological polar surface area (TPSA) is 123 Å². The van der Waals surface area contributed by atoms with Gasteiger partial charge in [-0.3, -0.25) is 20.4 Å². The van der Waals surface area contributed by atoms with E-state index in [9.17, 15) is 19.2 Å². The summed E-state index contributed by atoms with van der Waals surface area (Å²) in [5.41, 5.74) is 5.56. The molecule has 0 heterocycles. The number of hydrazine groups is 1. The summed E-state index contributed by atoms with van der Waals surface area (Å²) in [6.45, 7) is 1.67. The summed E-state index contributed by atoms with van der Waals surface area (Å²) in [7, 11) is 0. The van der Waals surface area contributed by atoms with Gasteiger partial charge in [-0.1, -0.05) is 48.5 Å². The van der Waals surface area contributed by atoms with Crippen molar-refractivity contribution >= 4 is 23.9 Å². The number of carbonyl (C=O) groups is 4. The second-order valence-corrected chi connectivity index (χ2v) is 6.08. The van der Waals surface area contributed by atoms with Crippen molar-refractivity contribution in [3.63, 3.8) is 0 Å². The Morgan fingerprint density at radius 3 is 2.13 bits per heavy atom. The first-order valence-electron chi connectivity index (χ1n) is 9.27. The van der Waals surface area contributed by atoms with Gasteiger partial charge in [-0.15, -0.1) is 0 Å². The third-order valence-electron chi connectivity index (χ3n) is 3.82. The van der Waals surface area contributed by atoms with Crippen LogP contribution in [-0.4, -0.2) is 36.5 Å². The predicted molar refractivity (Wildman–Crippen MR) is 107 cm³/mol. The molecule has 0 aliphatic rings. The summed E-state index contributed by atoms with van der Waals surface area (Å²) in [4.78, 5) is 48.2. The van der Waals surface area contributed by atoms with E-state index in [1.54, 1.807) is 61.5 Å². The highest BCUT2D eigenvalue weighted by Crippen LogP contribution is 2.03. The minimum atomic E-state index is -1.28. The van der Waals surface area contributed by atoms with E-state index in [0.29, 0.717) is 5.56 Å². The second kappa shape index (κ2) is 11.8. The smallest absolute Gasteiger partial charge is 0.408 e. The summed E-state index contributed by atoms with van der Waals surface area (Å²) < 4.78 is 9.95.